The van der Waals surface area contributed by atoms with E-state index in [4.69, 9.17) is 28.3 Å². The van der Waals surface area contributed by atoms with Gasteiger partial charge in [0.25, 0.3) is 5.91 Å². The topological polar surface area (TPSA) is 140 Å². The first kappa shape index (κ1) is 22.6. The lowest BCUT2D eigenvalue weighted by Gasteiger charge is -2.15. The standard InChI is InChI=1S/C18H15ClF3N7O/c19-12-3-1-2-4-13(12)26-14(9-15(23)18(20,21)22)10-5-7-11(8-6-10)16(30)27-17(24)28-29-25/h1-9,23,26H,(H4,24,25,27,28,30)/b14-9-,23-15?. The maximum Gasteiger partial charge on any atom is 0.432 e. The minimum Gasteiger partial charge on any atom is -0.368 e. The van der Waals surface area contributed by atoms with E-state index in [1.165, 1.54) is 24.3 Å². The van der Waals surface area contributed by atoms with Crippen molar-refractivity contribution in [1.82, 2.24) is 5.32 Å². The van der Waals surface area contributed by atoms with Crippen LogP contribution in [0.25, 0.3) is 5.70 Å². The second-order valence-electron chi connectivity index (χ2n) is 5.69. The molecule has 0 bridgehead atoms. The number of nitrogens with zero attached hydrogens (tertiary/aromatic N) is 2. The van der Waals surface area contributed by atoms with Gasteiger partial charge >= 0.3 is 6.18 Å². The zero-order valence-electron chi connectivity index (χ0n) is 15.1. The number of rotatable bonds is 6. The average Bonchev–Trinajstić information content (AvgIpc) is 2.68. The normalized spacial score (nSPS) is 12.3. The molecule has 156 valence electrons. The second-order valence-corrected chi connectivity index (χ2v) is 6.10. The second kappa shape index (κ2) is 9.65. The molecule has 0 atom stereocenters. The highest BCUT2D eigenvalue weighted by atomic mass is 35.5. The molecule has 0 unspecified atom stereocenters. The van der Waals surface area contributed by atoms with E-state index >= 15 is 0 Å². The van der Waals surface area contributed by atoms with Crippen LogP contribution < -0.4 is 16.4 Å². The molecule has 2 rings (SSSR count). The number of hydrogen-bond donors (Lipinski definition) is 5. The van der Waals surface area contributed by atoms with Crippen molar-refractivity contribution in [1.29, 1.82) is 10.9 Å². The molecule has 0 radical (unpaired) electrons. The van der Waals surface area contributed by atoms with E-state index in [1.54, 1.807) is 24.3 Å². The Hall–Kier alpha value is -3.73. The Bertz CT molecular complexity index is 1020. The van der Waals surface area contributed by atoms with Gasteiger partial charge in [0.15, 0.2) is 0 Å². The van der Waals surface area contributed by atoms with E-state index < -0.39 is 23.8 Å². The summed E-state index contributed by atoms with van der Waals surface area (Å²) in [4.78, 5) is 12.1. The van der Waals surface area contributed by atoms with Crippen molar-refractivity contribution in [2.24, 2.45) is 16.1 Å². The summed E-state index contributed by atoms with van der Waals surface area (Å²) in [5, 5.41) is 18.3. The van der Waals surface area contributed by atoms with Gasteiger partial charge in [0.2, 0.25) is 5.96 Å². The van der Waals surface area contributed by atoms with Crippen molar-refractivity contribution in [2.45, 2.75) is 6.18 Å². The zero-order chi connectivity index (χ0) is 22.3. The quantitative estimate of drug-likeness (QED) is 0.198. The van der Waals surface area contributed by atoms with Crippen LogP contribution in [0.2, 0.25) is 5.02 Å². The van der Waals surface area contributed by atoms with Crippen molar-refractivity contribution < 1.29 is 18.0 Å². The number of carbonyl (C=O) groups excluding carboxylic acids is 1. The largest absolute Gasteiger partial charge is 0.432 e. The average molecular weight is 438 g/mol. The van der Waals surface area contributed by atoms with Crippen molar-refractivity contribution >= 4 is 40.6 Å². The van der Waals surface area contributed by atoms with E-state index in [1.807, 2.05) is 0 Å². The lowest BCUT2D eigenvalue weighted by Crippen LogP contribution is -2.36. The van der Waals surface area contributed by atoms with Crippen LogP contribution in [0, 0.1) is 10.9 Å². The molecular formula is C18H15ClF3N7O. The van der Waals surface area contributed by atoms with Crippen LogP contribution >= 0.6 is 11.6 Å². The fraction of sp³-hybridized carbons (Fsp3) is 0.0556. The molecule has 0 aromatic heterocycles. The molecule has 6 N–H and O–H groups in total. The number of anilines is 1. The number of para-hydroxylation sites is 1. The maximum absolute atomic E-state index is 12.9. The molecule has 0 aliphatic rings. The third-order valence-corrected chi connectivity index (χ3v) is 3.92. The lowest BCUT2D eigenvalue weighted by molar-refractivity contribution is -0.0583. The van der Waals surface area contributed by atoms with E-state index in [0.29, 0.717) is 11.8 Å². The van der Waals surface area contributed by atoms with Gasteiger partial charge < -0.3 is 11.1 Å². The van der Waals surface area contributed by atoms with Crippen LogP contribution in [0.4, 0.5) is 18.9 Å². The number of allylic oxidation sites excluding steroid dienone is 1. The van der Waals surface area contributed by atoms with Crippen LogP contribution in [-0.2, 0) is 0 Å². The molecule has 8 nitrogen and oxygen atoms in total. The molecule has 12 heteroatoms. The van der Waals surface area contributed by atoms with E-state index in [2.05, 4.69) is 21.0 Å². The number of amides is 1. The summed E-state index contributed by atoms with van der Waals surface area (Å²) in [7, 11) is 0. The molecule has 0 aliphatic carbocycles. The van der Waals surface area contributed by atoms with E-state index in [0.717, 1.165) is 0 Å². The summed E-state index contributed by atoms with van der Waals surface area (Å²) in [5.74, 6) is -1.04. The van der Waals surface area contributed by atoms with Crippen molar-refractivity contribution in [3.63, 3.8) is 0 Å². The molecule has 30 heavy (non-hydrogen) atoms. The first-order valence-electron chi connectivity index (χ1n) is 8.12. The summed E-state index contributed by atoms with van der Waals surface area (Å²) >= 11 is 6.06. The molecule has 2 aromatic rings. The number of nitrogens with one attached hydrogen (secondary N) is 4. The van der Waals surface area contributed by atoms with E-state index in [-0.39, 0.29) is 21.8 Å². The molecule has 1 amide bonds. The Morgan fingerprint density at radius 2 is 1.70 bits per heavy atom. The van der Waals surface area contributed by atoms with Gasteiger partial charge in [-0.25, -0.2) is 0 Å². The SMILES string of the molecule is N=N/N=C(\N)NC(=O)c1ccc(/C(=C/C(=N)C(F)(F)F)Nc2ccccc2Cl)cc1. The third-order valence-electron chi connectivity index (χ3n) is 3.59. The van der Waals surface area contributed by atoms with Gasteiger partial charge in [0.1, 0.15) is 5.71 Å². The predicted octanol–water partition coefficient (Wildman–Crippen LogP) is 4.37. The molecule has 2 aromatic carbocycles. The third kappa shape index (κ3) is 6.14. The van der Waals surface area contributed by atoms with Crippen LogP contribution in [0.3, 0.4) is 0 Å². The molecule has 0 saturated heterocycles. The Morgan fingerprint density at radius 3 is 2.27 bits per heavy atom. The monoisotopic (exact) mass is 437 g/mol. The van der Waals surface area contributed by atoms with Crippen molar-refractivity contribution in [3.05, 3.63) is 70.8 Å². The van der Waals surface area contributed by atoms with Crippen LogP contribution in [0.5, 0.6) is 0 Å². The summed E-state index contributed by atoms with van der Waals surface area (Å²) in [6, 6.07) is 11.9. The van der Waals surface area contributed by atoms with Crippen LogP contribution in [0.15, 0.2) is 64.9 Å². The van der Waals surface area contributed by atoms with Gasteiger partial charge in [-0.2, -0.15) is 18.7 Å². The Morgan fingerprint density at radius 1 is 1.10 bits per heavy atom. The first-order valence-corrected chi connectivity index (χ1v) is 8.50. The Labute approximate surface area is 173 Å². The summed E-state index contributed by atoms with van der Waals surface area (Å²) < 4.78 is 38.6. The van der Waals surface area contributed by atoms with Crippen molar-refractivity contribution in [3.8, 4) is 0 Å². The van der Waals surface area contributed by atoms with Gasteiger partial charge in [-0.15, -0.1) is 0 Å². The first-order chi connectivity index (χ1) is 14.1. The lowest BCUT2D eigenvalue weighted by atomic mass is 10.1. The van der Waals surface area contributed by atoms with Crippen molar-refractivity contribution in [2.75, 3.05) is 5.32 Å². The number of benzene rings is 2. The highest BCUT2D eigenvalue weighted by Crippen LogP contribution is 2.27. The molecular weight excluding hydrogens is 423 g/mol. The molecule has 0 heterocycles. The Kier molecular flexibility index (Phi) is 7.26. The van der Waals surface area contributed by atoms with Crippen LogP contribution in [-0.4, -0.2) is 23.8 Å². The minimum atomic E-state index is -4.84. The molecule has 0 fully saturated rings. The van der Waals surface area contributed by atoms with Gasteiger partial charge in [-0.3, -0.25) is 15.5 Å². The molecule has 0 aliphatic heterocycles. The molecule has 0 spiro atoms. The predicted molar refractivity (Wildman–Crippen MR) is 108 cm³/mol. The number of halogens is 4. The molecule has 0 saturated carbocycles. The number of guanidine groups is 1. The number of carbonyl (C=O) groups is 1. The number of alkyl halides is 3. The highest BCUT2D eigenvalue weighted by molar-refractivity contribution is 6.33. The zero-order valence-corrected chi connectivity index (χ0v) is 15.8. The smallest absolute Gasteiger partial charge is 0.368 e. The number of hydrogen-bond acceptors (Lipinski definition) is 5. The van der Waals surface area contributed by atoms with E-state index in [9.17, 15) is 18.0 Å². The Balaban J connectivity index is 2.36. The van der Waals surface area contributed by atoms with Gasteiger partial charge in [-0.1, -0.05) is 41.0 Å². The number of nitrogens with two attached hydrogens (primary N) is 1. The summed E-state index contributed by atoms with van der Waals surface area (Å²) in [6.45, 7) is 0. The summed E-state index contributed by atoms with van der Waals surface area (Å²) in [6.07, 6.45) is -4.22. The summed E-state index contributed by atoms with van der Waals surface area (Å²) in [5.41, 5.74) is 11.0. The maximum atomic E-state index is 12.9. The minimum absolute atomic E-state index is 0.0496. The van der Waals surface area contributed by atoms with Crippen LogP contribution in [0.1, 0.15) is 15.9 Å². The highest BCUT2D eigenvalue weighted by Gasteiger charge is 2.33. The van der Waals surface area contributed by atoms with Gasteiger partial charge in [-0.05, 0) is 41.1 Å². The van der Waals surface area contributed by atoms with Gasteiger partial charge in [0, 0.05) is 11.3 Å². The van der Waals surface area contributed by atoms with Gasteiger partial charge in [0.05, 0.1) is 10.7 Å². The fourth-order valence-corrected chi connectivity index (χ4v) is 2.38. The fourth-order valence-electron chi connectivity index (χ4n) is 2.19.